The quantitative estimate of drug-likeness (QED) is 0.933. The van der Waals surface area contributed by atoms with Crippen LogP contribution in [-0.4, -0.2) is 0 Å². The highest BCUT2D eigenvalue weighted by atomic mass is 19.1. The van der Waals surface area contributed by atoms with Crippen LogP contribution in [0.4, 0.5) is 4.39 Å². The Hall–Kier alpha value is -2.38. The Bertz CT molecular complexity index is 690. The number of nitrogens with zero attached hydrogens (tertiary/aromatic N) is 1. The third-order valence-electron chi connectivity index (χ3n) is 3.21. The van der Waals surface area contributed by atoms with Crippen LogP contribution >= 0.6 is 0 Å². The second kappa shape index (κ2) is 6.38. The van der Waals surface area contributed by atoms with E-state index >= 15 is 0 Å². The van der Waals surface area contributed by atoms with Crippen LogP contribution in [0.3, 0.4) is 0 Å². The highest BCUT2D eigenvalue weighted by molar-refractivity contribution is 5.39. The number of nitrogens with two attached hydrogens (primary N) is 1. The lowest BCUT2D eigenvalue weighted by atomic mass is 10.1. The monoisotopic (exact) mass is 284 g/mol. The average molecular weight is 284 g/mol. The number of hydrogen-bond acceptors (Lipinski definition) is 3. The van der Waals surface area contributed by atoms with Crippen molar-refractivity contribution in [3.8, 4) is 11.8 Å². The van der Waals surface area contributed by atoms with Crippen molar-refractivity contribution in [1.29, 1.82) is 5.26 Å². The van der Waals surface area contributed by atoms with E-state index in [2.05, 4.69) is 0 Å². The van der Waals surface area contributed by atoms with Crippen LogP contribution in [0.5, 0.6) is 5.75 Å². The Balaban J connectivity index is 2.23. The highest BCUT2D eigenvalue weighted by Crippen LogP contribution is 2.26. The molecule has 0 aliphatic carbocycles. The van der Waals surface area contributed by atoms with Gasteiger partial charge in [0.2, 0.25) is 0 Å². The Labute approximate surface area is 123 Å². The van der Waals surface area contributed by atoms with Crippen LogP contribution in [0.25, 0.3) is 0 Å². The Morgan fingerprint density at radius 3 is 2.71 bits per heavy atom. The van der Waals surface area contributed by atoms with E-state index in [1.165, 1.54) is 18.2 Å². The van der Waals surface area contributed by atoms with E-state index in [0.717, 1.165) is 11.1 Å². The van der Waals surface area contributed by atoms with E-state index in [9.17, 15) is 4.39 Å². The molecule has 0 aliphatic heterocycles. The van der Waals surface area contributed by atoms with Crippen LogP contribution < -0.4 is 10.5 Å². The van der Waals surface area contributed by atoms with Crippen molar-refractivity contribution >= 4 is 0 Å². The molecule has 21 heavy (non-hydrogen) atoms. The number of rotatable bonds is 4. The van der Waals surface area contributed by atoms with Crippen molar-refractivity contribution in [3.63, 3.8) is 0 Å². The summed E-state index contributed by atoms with van der Waals surface area (Å²) in [5, 5.41) is 8.86. The molecule has 2 rings (SSSR count). The molecule has 2 aromatic rings. The highest BCUT2D eigenvalue weighted by Gasteiger charge is 2.10. The van der Waals surface area contributed by atoms with E-state index in [0.29, 0.717) is 16.9 Å². The van der Waals surface area contributed by atoms with Gasteiger partial charge in [0, 0.05) is 17.2 Å². The summed E-state index contributed by atoms with van der Waals surface area (Å²) in [7, 11) is 0. The standard InChI is InChI=1S/C17H17FN2O/c1-11-3-6-17(15(7-11)12(2)20)21-10-14-8-13(9-19)4-5-16(14)18/h3-8,12H,10,20H2,1-2H3/t12-/m0/s1. The first-order valence-electron chi connectivity index (χ1n) is 6.68. The Kier molecular flexibility index (Phi) is 4.56. The fraction of sp³-hybridized carbons (Fsp3) is 0.235. The third-order valence-corrected chi connectivity index (χ3v) is 3.21. The number of benzene rings is 2. The van der Waals surface area contributed by atoms with Crippen LogP contribution in [0.15, 0.2) is 36.4 Å². The first kappa shape index (κ1) is 15.0. The summed E-state index contributed by atoms with van der Waals surface area (Å²) in [6.45, 7) is 3.91. The molecular weight excluding hydrogens is 267 g/mol. The molecule has 4 heteroatoms. The molecule has 0 amide bonds. The molecule has 0 fully saturated rings. The number of nitriles is 1. The van der Waals surface area contributed by atoms with Crippen LogP contribution in [-0.2, 0) is 6.61 Å². The maximum absolute atomic E-state index is 13.7. The van der Waals surface area contributed by atoms with Gasteiger partial charge in [-0.3, -0.25) is 0 Å². The Morgan fingerprint density at radius 2 is 2.05 bits per heavy atom. The largest absolute Gasteiger partial charge is 0.488 e. The molecule has 0 saturated heterocycles. The Morgan fingerprint density at radius 1 is 1.29 bits per heavy atom. The topological polar surface area (TPSA) is 59.0 Å². The summed E-state index contributed by atoms with van der Waals surface area (Å²) >= 11 is 0. The van der Waals surface area contributed by atoms with Gasteiger partial charge in [0.1, 0.15) is 18.2 Å². The third kappa shape index (κ3) is 3.59. The van der Waals surface area contributed by atoms with Gasteiger partial charge in [-0.15, -0.1) is 0 Å². The van der Waals surface area contributed by atoms with E-state index in [1.807, 2.05) is 38.1 Å². The molecule has 108 valence electrons. The minimum absolute atomic E-state index is 0.0597. The zero-order valence-electron chi connectivity index (χ0n) is 12.1. The van der Waals surface area contributed by atoms with Gasteiger partial charge in [-0.2, -0.15) is 5.26 Å². The van der Waals surface area contributed by atoms with Crippen LogP contribution in [0, 0.1) is 24.1 Å². The molecule has 3 nitrogen and oxygen atoms in total. The van der Waals surface area contributed by atoms with Gasteiger partial charge in [-0.05, 0) is 38.1 Å². The van der Waals surface area contributed by atoms with Crippen LogP contribution in [0.1, 0.15) is 35.2 Å². The predicted molar refractivity (Wildman–Crippen MR) is 79.2 cm³/mol. The average Bonchev–Trinajstić information content (AvgIpc) is 2.47. The number of halogens is 1. The number of hydrogen-bond donors (Lipinski definition) is 1. The summed E-state index contributed by atoms with van der Waals surface area (Å²) in [5.41, 5.74) is 8.66. The maximum Gasteiger partial charge on any atom is 0.129 e. The van der Waals surface area contributed by atoms with Gasteiger partial charge in [0.15, 0.2) is 0 Å². The summed E-state index contributed by atoms with van der Waals surface area (Å²) in [5.74, 6) is 0.251. The summed E-state index contributed by atoms with van der Waals surface area (Å²) in [6, 6.07) is 11.7. The fourth-order valence-electron chi connectivity index (χ4n) is 2.07. The predicted octanol–water partition coefficient (Wildman–Crippen LogP) is 3.60. The molecule has 2 N–H and O–H groups in total. The minimum atomic E-state index is -0.386. The fourth-order valence-corrected chi connectivity index (χ4v) is 2.07. The lowest BCUT2D eigenvalue weighted by molar-refractivity contribution is 0.295. The van der Waals surface area contributed by atoms with E-state index in [1.54, 1.807) is 0 Å². The zero-order chi connectivity index (χ0) is 15.4. The van der Waals surface area contributed by atoms with Gasteiger partial charge < -0.3 is 10.5 Å². The molecular formula is C17H17FN2O. The van der Waals surface area contributed by atoms with E-state index < -0.39 is 0 Å². The zero-order valence-corrected chi connectivity index (χ0v) is 12.1. The number of aryl methyl sites for hydroxylation is 1. The normalized spacial score (nSPS) is 11.8. The first-order valence-corrected chi connectivity index (χ1v) is 6.68. The maximum atomic E-state index is 13.7. The van der Waals surface area contributed by atoms with Gasteiger partial charge in [-0.25, -0.2) is 4.39 Å². The smallest absolute Gasteiger partial charge is 0.129 e. The van der Waals surface area contributed by atoms with Crippen molar-refractivity contribution in [1.82, 2.24) is 0 Å². The minimum Gasteiger partial charge on any atom is -0.488 e. The molecule has 0 aromatic heterocycles. The second-order valence-electron chi connectivity index (χ2n) is 5.04. The van der Waals surface area contributed by atoms with Gasteiger partial charge in [-0.1, -0.05) is 17.7 Å². The molecule has 0 radical (unpaired) electrons. The van der Waals surface area contributed by atoms with Crippen molar-refractivity contribution in [3.05, 3.63) is 64.5 Å². The summed E-state index contributed by atoms with van der Waals surface area (Å²) in [6.07, 6.45) is 0. The molecule has 0 bridgehead atoms. The molecule has 2 aromatic carbocycles. The van der Waals surface area contributed by atoms with Crippen molar-refractivity contribution in [2.24, 2.45) is 5.73 Å². The van der Waals surface area contributed by atoms with Crippen molar-refractivity contribution in [2.45, 2.75) is 26.5 Å². The lowest BCUT2D eigenvalue weighted by Gasteiger charge is -2.15. The van der Waals surface area contributed by atoms with Crippen molar-refractivity contribution in [2.75, 3.05) is 0 Å². The molecule has 1 atom stereocenters. The van der Waals surface area contributed by atoms with E-state index in [4.69, 9.17) is 15.7 Å². The van der Waals surface area contributed by atoms with E-state index in [-0.39, 0.29) is 18.5 Å². The molecule has 0 heterocycles. The van der Waals surface area contributed by atoms with Gasteiger partial charge in [0.25, 0.3) is 0 Å². The summed E-state index contributed by atoms with van der Waals surface area (Å²) < 4.78 is 19.4. The molecule has 0 spiro atoms. The summed E-state index contributed by atoms with van der Waals surface area (Å²) in [4.78, 5) is 0. The van der Waals surface area contributed by atoms with Gasteiger partial charge >= 0.3 is 0 Å². The van der Waals surface area contributed by atoms with Crippen molar-refractivity contribution < 1.29 is 9.13 Å². The first-order chi connectivity index (χ1) is 10.0. The lowest BCUT2D eigenvalue weighted by Crippen LogP contribution is -2.09. The second-order valence-corrected chi connectivity index (χ2v) is 5.04. The molecule has 0 unspecified atom stereocenters. The van der Waals surface area contributed by atoms with Gasteiger partial charge in [0.05, 0.1) is 11.6 Å². The molecule has 0 saturated carbocycles. The molecule has 0 aliphatic rings. The number of ether oxygens (including phenoxy) is 1. The SMILES string of the molecule is Cc1ccc(OCc2cc(C#N)ccc2F)c([C@H](C)N)c1. The van der Waals surface area contributed by atoms with Crippen LogP contribution in [0.2, 0.25) is 0 Å².